The summed E-state index contributed by atoms with van der Waals surface area (Å²) >= 11 is 0. The van der Waals surface area contributed by atoms with Crippen LogP contribution in [-0.2, 0) is 4.79 Å². The SMILES string of the molecule is Cc1cccc2[nH]c(=O)c(C(=O)NCC(=O)O)c(O)c12. The highest BCUT2D eigenvalue weighted by atomic mass is 16.4. The predicted octanol–water partition coefficient (Wildman–Crippen LogP) is 0.357. The first-order chi connectivity index (χ1) is 9.41. The number of pyridine rings is 1. The van der Waals surface area contributed by atoms with Crippen LogP contribution in [0.5, 0.6) is 5.75 Å². The normalized spacial score (nSPS) is 10.4. The van der Waals surface area contributed by atoms with Gasteiger partial charge in [0.05, 0.1) is 5.52 Å². The summed E-state index contributed by atoms with van der Waals surface area (Å²) in [6, 6.07) is 5.03. The van der Waals surface area contributed by atoms with Crippen LogP contribution in [0.1, 0.15) is 15.9 Å². The van der Waals surface area contributed by atoms with Crippen molar-refractivity contribution in [2.24, 2.45) is 0 Å². The highest BCUT2D eigenvalue weighted by Gasteiger charge is 2.20. The number of aromatic nitrogens is 1. The molecule has 0 radical (unpaired) electrons. The smallest absolute Gasteiger partial charge is 0.322 e. The largest absolute Gasteiger partial charge is 0.506 e. The van der Waals surface area contributed by atoms with Crippen LogP contribution in [0.25, 0.3) is 10.9 Å². The van der Waals surface area contributed by atoms with Gasteiger partial charge in [-0.3, -0.25) is 14.4 Å². The number of aromatic hydroxyl groups is 1. The molecule has 0 aliphatic rings. The molecule has 0 aliphatic heterocycles. The Balaban J connectivity index is 2.59. The van der Waals surface area contributed by atoms with E-state index in [1.165, 1.54) is 0 Å². The van der Waals surface area contributed by atoms with Crippen LogP contribution in [0, 0.1) is 6.92 Å². The fourth-order valence-corrected chi connectivity index (χ4v) is 1.96. The van der Waals surface area contributed by atoms with Crippen molar-refractivity contribution in [1.29, 1.82) is 0 Å². The van der Waals surface area contributed by atoms with E-state index in [4.69, 9.17) is 5.11 Å². The molecule has 2 aromatic rings. The van der Waals surface area contributed by atoms with Crippen molar-refractivity contribution in [3.8, 4) is 5.75 Å². The molecular weight excluding hydrogens is 264 g/mol. The zero-order valence-corrected chi connectivity index (χ0v) is 10.6. The second kappa shape index (κ2) is 5.04. The van der Waals surface area contributed by atoms with Gasteiger partial charge in [0.1, 0.15) is 17.9 Å². The summed E-state index contributed by atoms with van der Waals surface area (Å²) in [6.45, 7) is 1.09. The Hall–Kier alpha value is -2.83. The third kappa shape index (κ3) is 2.33. The van der Waals surface area contributed by atoms with Crippen LogP contribution in [0.3, 0.4) is 0 Å². The van der Waals surface area contributed by atoms with Crippen LogP contribution in [0.4, 0.5) is 0 Å². The van der Waals surface area contributed by atoms with Crippen LogP contribution in [-0.4, -0.2) is 33.6 Å². The minimum absolute atomic E-state index is 0.354. The summed E-state index contributed by atoms with van der Waals surface area (Å²) in [4.78, 5) is 36.5. The number of amides is 1. The van der Waals surface area contributed by atoms with Crippen LogP contribution in [0.2, 0.25) is 0 Å². The maximum atomic E-state index is 11.8. The van der Waals surface area contributed by atoms with E-state index in [2.05, 4.69) is 4.98 Å². The van der Waals surface area contributed by atoms with Crippen LogP contribution in [0.15, 0.2) is 23.0 Å². The number of fused-ring (bicyclic) bond motifs is 1. The first-order valence-corrected chi connectivity index (χ1v) is 5.76. The molecule has 0 saturated carbocycles. The number of aryl methyl sites for hydroxylation is 1. The Morgan fingerprint density at radius 1 is 1.35 bits per heavy atom. The highest BCUT2D eigenvalue weighted by molar-refractivity contribution is 6.03. The average molecular weight is 276 g/mol. The standard InChI is InChI=1S/C13H12N2O5/c1-6-3-2-4-7-9(6)11(18)10(13(20)15-7)12(19)14-5-8(16)17/h2-4H,5H2,1H3,(H,14,19)(H,16,17)(H2,15,18,20). The second-order valence-electron chi connectivity index (χ2n) is 4.25. The molecular formula is C13H12N2O5. The van der Waals surface area contributed by atoms with E-state index in [0.717, 1.165) is 0 Å². The van der Waals surface area contributed by atoms with Crippen molar-refractivity contribution in [3.05, 3.63) is 39.7 Å². The van der Waals surface area contributed by atoms with Crippen molar-refractivity contribution in [2.75, 3.05) is 6.54 Å². The number of aromatic amines is 1. The lowest BCUT2D eigenvalue weighted by Crippen LogP contribution is -2.33. The Kier molecular flexibility index (Phi) is 3.43. The maximum Gasteiger partial charge on any atom is 0.322 e. The molecule has 7 heteroatoms. The maximum absolute atomic E-state index is 11.8. The summed E-state index contributed by atoms with van der Waals surface area (Å²) in [5.74, 6) is -2.63. The number of aliphatic carboxylic acids is 1. The van der Waals surface area contributed by atoms with Crippen molar-refractivity contribution in [2.45, 2.75) is 6.92 Å². The third-order valence-electron chi connectivity index (χ3n) is 2.85. The van der Waals surface area contributed by atoms with Gasteiger partial charge in [-0.2, -0.15) is 0 Å². The molecule has 0 atom stereocenters. The first kappa shape index (κ1) is 13.6. The van der Waals surface area contributed by atoms with Gasteiger partial charge < -0.3 is 20.5 Å². The molecule has 0 bridgehead atoms. The van der Waals surface area contributed by atoms with Gasteiger partial charge >= 0.3 is 5.97 Å². The zero-order valence-electron chi connectivity index (χ0n) is 10.6. The number of H-pyrrole nitrogens is 1. The third-order valence-corrected chi connectivity index (χ3v) is 2.85. The number of carboxylic acids is 1. The lowest BCUT2D eigenvalue weighted by atomic mass is 10.1. The number of hydrogen-bond donors (Lipinski definition) is 4. The Morgan fingerprint density at radius 2 is 2.05 bits per heavy atom. The van der Waals surface area contributed by atoms with Gasteiger partial charge in [-0.05, 0) is 18.6 Å². The van der Waals surface area contributed by atoms with Gasteiger partial charge in [-0.25, -0.2) is 0 Å². The number of carbonyl (C=O) groups is 2. The number of rotatable bonds is 3. The van der Waals surface area contributed by atoms with Gasteiger partial charge in [0.2, 0.25) is 0 Å². The highest BCUT2D eigenvalue weighted by Crippen LogP contribution is 2.27. The summed E-state index contributed by atoms with van der Waals surface area (Å²) in [6.07, 6.45) is 0. The van der Waals surface area contributed by atoms with E-state index >= 15 is 0 Å². The molecule has 0 spiro atoms. The van der Waals surface area contributed by atoms with Crippen molar-refractivity contribution in [3.63, 3.8) is 0 Å². The lowest BCUT2D eigenvalue weighted by molar-refractivity contribution is -0.135. The van der Waals surface area contributed by atoms with Gasteiger partial charge in [0.25, 0.3) is 11.5 Å². The monoisotopic (exact) mass is 276 g/mol. The van der Waals surface area contributed by atoms with Crippen molar-refractivity contribution >= 4 is 22.8 Å². The molecule has 1 aromatic carbocycles. The van der Waals surface area contributed by atoms with E-state index in [-0.39, 0.29) is 0 Å². The van der Waals surface area contributed by atoms with E-state index in [9.17, 15) is 19.5 Å². The Labute approximate surface area is 112 Å². The van der Waals surface area contributed by atoms with Crippen LogP contribution < -0.4 is 10.9 Å². The summed E-state index contributed by atoms with van der Waals surface area (Å²) in [5.41, 5.74) is -0.178. The topological polar surface area (TPSA) is 119 Å². The molecule has 2 rings (SSSR count). The molecule has 1 heterocycles. The molecule has 1 amide bonds. The summed E-state index contributed by atoms with van der Waals surface area (Å²) in [5, 5.41) is 21.0. The molecule has 0 aliphatic carbocycles. The van der Waals surface area contributed by atoms with Gasteiger partial charge in [-0.1, -0.05) is 12.1 Å². The van der Waals surface area contributed by atoms with Crippen LogP contribution >= 0.6 is 0 Å². The predicted molar refractivity (Wildman–Crippen MR) is 70.9 cm³/mol. The van der Waals surface area contributed by atoms with E-state index in [1.807, 2.05) is 5.32 Å². The van der Waals surface area contributed by atoms with E-state index < -0.39 is 35.3 Å². The molecule has 4 N–H and O–H groups in total. The molecule has 0 fully saturated rings. The molecule has 1 aromatic heterocycles. The molecule has 0 saturated heterocycles. The Bertz CT molecular complexity index is 763. The van der Waals surface area contributed by atoms with E-state index in [0.29, 0.717) is 16.5 Å². The molecule has 104 valence electrons. The van der Waals surface area contributed by atoms with Gasteiger partial charge in [0.15, 0.2) is 0 Å². The second-order valence-corrected chi connectivity index (χ2v) is 4.25. The summed E-state index contributed by atoms with van der Waals surface area (Å²) in [7, 11) is 0. The number of benzene rings is 1. The number of carbonyl (C=O) groups excluding carboxylic acids is 1. The number of hydrogen-bond acceptors (Lipinski definition) is 4. The van der Waals surface area contributed by atoms with E-state index in [1.54, 1.807) is 25.1 Å². The van der Waals surface area contributed by atoms with Crippen molar-refractivity contribution in [1.82, 2.24) is 10.3 Å². The molecule has 20 heavy (non-hydrogen) atoms. The quantitative estimate of drug-likeness (QED) is 0.645. The van der Waals surface area contributed by atoms with Gasteiger partial charge in [0, 0.05) is 5.39 Å². The lowest BCUT2D eigenvalue weighted by Gasteiger charge is -2.09. The zero-order chi connectivity index (χ0) is 14.9. The minimum Gasteiger partial charge on any atom is -0.506 e. The summed E-state index contributed by atoms with van der Waals surface area (Å²) < 4.78 is 0. The minimum atomic E-state index is -1.24. The first-order valence-electron chi connectivity index (χ1n) is 5.76. The fourth-order valence-electron chi connectivity index (χ4n) is 1.96. The molecule has 7 nitrogen and oxygen atoms in total. The fraction of sp³-hybridized carbons (Fsp3) is 0.154. The van der Waals surface area contributed by atoms with Crippen molar-refractivity contribution < 1.29 is 19.8 Å². The molecule has 0 unspecified atom stereocenters. The Morgan fingerprint density at radius 3 is 2.70 bits per heavy atom. The number of carboxylic acid groups (broad SMARTS) is 1. The van der Waals surface area contributed by atoms with Gasteiger partial charge in [-0.15, -0.1) is 0 Å². The average Bonchev–Trinajstić information content (AvgIpc) is 2.35. The number of nitrogens with one attached hydrogen (secondary N) is 2.